The van der Waals surface area contributed by atoms with Gasteiger partial charge in [-0.15, -0.1) is 0 Å². The topological polar surface area (TPSA) is 55.7 Å². The lowest BCUT2D eigenvalue weighted by atomic mass is 9.87. The predicted octanol–water partition coefficient (Wildman–Crippen LogP) is 6.58. The Morgan fingerprint density at radius 1 is 1.09 bits per heavy atom. The molecule has 1 N–H and O–H groups in total. The van der Waals surface area contributed by atoms with Crippen LogP contribution in [0.4, 0.5) is 0 Å². The normalized spacial score (nSPS) is 15.5. The lowest BCUT2D eigenvalue weighted by molar-refractivity contribution is 0.294. The molecule has 0 bridgehead atoms. The molecular formula is C27H23ClN4O. The maximum Gasteiger partial charge on any atom is 0.214 e. The number of hydrogen-bond donors (Lipinski definition) is 1. The van der Waals surface area contributed by atoms with E-state index in [4.69, 9.17) is 16.3 Å². The van der Waals surface area contributed by atoms with E-state index in [1.807, 2.05) is 67.4 Å². The highest BCUT2D eigenvalue weighted by Crippen LogP contribution is 2.38. The van der Waals surface area contributed by atoms with Crippen molar-refractivity contribution in [2.24, 2.45) is 0 Å². The van der Waals surface area contributed by atoms with Gasteiger partial charge in [-0.05, 0) is 48.1 Å². The number of aromatic nitrogens is 4. The Kier molecular flexibility index (Phi) is 5.11. The van der Waals surface area contributed by atoms with E-state index in [0.717, 1.165) is 52.0 Å². The highest BCUT2D eigenvalue weighted by atomic mass is 35.5. The van der Waals surface area contributed by atoms with Gasteiger partial charge < -0.3 is 14.3 Å². The van der Waals surface area contributed by atoms with Crippen molar-refractivity contribution >= 4 is 22.5 Å². The standard InChI is InChI=1S/C27H23ClN4O/c28-20-10-9-19-7-4-8-25(21(19)11-20)32-17-29-15-26(32)23-13-30-24-14-31-27(12-22(23)24)33-16-18-5-2-1-3-6-18/h1-3,5-6,9-15,17,25,30H,4,7-8,16H2. The summed E-state index contributed by atoms with van der Waals surface area (Å²) in [7, 11) is 0. The largest absolute Gasteiger partial charge is 0.473 e. The minimum Gasteiger partial charge on any atom is -0.473 e. The van der Waals surface area contributed by atoms with Gasteiger partial charge in [0.05, 0.1) is 36.0 Å². The summed E-state index contributed by atoms with van der Waals surface area (Å²) in [4.78, 5) is 12.4. The fourth-order valence-corrected chi connectivity index (χ4v) is 5.00. The van der Waals surface area contributed by atoms with E-state index in [2.05, 4.69) is 31.7 Å². The summed E-state index contributed by atoms with van der Waals surface area (Å²) >= 11 is 6.36. The van der Waals surface area contributed by atoms with E-state index in [1.54, 1.807) is 0 Å². The zero-order valence-electron chi connectivity index (χ0n) is 18.0. The third-order valence-electron chi connectivity index (χ3n) is 6.44. The molecule has 0 radical (unpaired) electrons. The van der Waals surface area contributed by atoms with E-state index in [9.17, 15) is 0 Å². The van der Waals surface area contributed by atoms with E-state index in [-0.39, 0.29) is 6.04 Å². The molecule has 2 aromatic carbocycles. The minimum atomic E-state index is 0.213. The molecule has 6 rings (SSSR count). The number of halogens is 1. The second-order valence-corrected chi connectivity index (χ2v) is 8.92. The fraction of sp³-hybridized carbons (Fsp3) is 0.185. The third-order valence-corrected chi connectivity index (χ3v) is 6.67. The smallest absolute Gasteiger partial charge is 0.214 e. The van der Waals surface area contributed by atoms with Crippen LogP contribution < -0.4 is 4.74 Å². The van der Waals surface area contributed by atoms with Crippen molar-refractivity contribution in [3.8, 4) is 17.1 Å². The molecule has 0 saturated heterocycles. The van der Waals surface area contributed by atoms with Gasteiger partial charge in [0.15, 0.2) is 0 Å². The van der Waals surface area contributed by atoms with Gasteiger partial charge in [-0.25, -0.2) is 9.97 Å². The van der Waals surface area contributed by atoms with Crippen LogP contribution in [-0.4, -0.2) is 19.5 Å². The molecule has 6 heteroatoms. The molecule has 1 unspecified atom stereocenters. The minimum absolute atomic E-state index is 0.213. The highest BCUT2D eigenvalue weighted by Gasteiger charge is 2.25. The lowest BCUT2D eigenvalue weighted by Gasteiger charge is -2.28. The van der Waals surface area contributed by atoms with Crippen molar-refractivity contribution in [2.45, 2.75) is 31.9 Å². The Morgan fingerprint density at radius 2 is 2.00 bits per heavy atom. The Balaban J connectivity index is 1.36. The van der Waals surface area contributed by atoms with Crippen LogP contribution in [0, 0.1) is 0 Å². The van der Waals surface area contributed by atoms with Gasteiger partial charge in [-0.2, -0.15) is 0 Å². The first-order valence-electron chi connectivity index (χ1n) is 11.2. The van der Waals surface area contributed by atoms with Crippen LogP contribution in [-0.2, 0) is 13.0 Å². The van der Waals surface area contributed by atoms with Crippen LogP contribution in [0.1, 0.15) is 35.6 Å². The monoisotopic (exact) mass is 454 g/mol. The zero-order valence-corrected chi connectivity index (χ0v) is 18.8. The van der Waals surface area contributed by atoms with Crippen molar-refractivity contribution in [2.75, 3.05) is 0 Å². The molecule has 5 aromatic rings. The lowest BCUT2D eigenvalue weighted by Crippen LogP contribution is -2.17. The Hall–Kier alpha value is -3.57. The average Bonchev–Trinajstić information content (AvgIpc) is 3.49. The van der Waals surface area contributed by atoms with E-state index in [1.165, 1.54) is 11.1 Å². The van der Waals surface area contributed by atoms with Gasteiger partial charge in [0.2, 0.25) is 5.88 Å². The van der Waals surface area contributed by atoms with Crippen LogP contribution in [0.3, 0.4) is 0 Å². The number of rotatable bonds is 5. The quantitative estimate of drug-likeness (QED) is 0.326. The van der Waals surface area contributed by atoms with Crippen LogP contribution in [0.5, 0.6) is 5.88 Å². The number of pyridine rings is 1. The van der Waals surface area contributed by atoms with Crippen molar-refractivity contribution in [1.29, 1.82) is 0 Å². The molecule has 33 heavy (non-hydrogen) atoms. The molecule has 0 saturated carbocycles. The molecule has 0 aliphatic heterocycles. The predicted molar refractivity (Wildman–Crippen MR) is 131 cm³/mol. The number of H-pyrrole nitrogens is 1. The number of imidazole rings is 1. The molecule has 164 valence electrons. The summed E-state index contributed by atoms with van der Waals surface area (Å²) in [6.45, 7) is 0.483. The Morgan fingerprint density at radius 3 is 2.91 bits per heavy atom. The zero-order chi connectivity index (χ0) is 22.2. The van der Waals surface area contributed by atoms with Gasteiger partial charge in [0.25, 0.3) is 0 Å². The van der Waals surface area contributed by atoms with Gasteiger partial charge in [-0.3, -0.25) is 0 Å². The second kappa shape index (κ2) is 8.41. The SMILES string of the molecule is Clc1ccc2c(c1)C(n1cncc1-c1c[nH]c3cnc(OCc4ccccc4)cc13)CCC2. The van der Waals surface area contributed by atoms with Crippen LogP contribution in [0.25, 0.3) is 22.2 Å². The van der Waals surface area contributed by atoms with Crippen molar-refractivity contribution in [3.63, 3.8) is 0 Å². The number of fused-ring (bicyclic) bond motifs is 2. The van der Waals surface area contributed by atoms with E-state index >= 15 is 0 Å². The van der Waals surface area contributed by atoms with Gasteiger partial charge in [0.1, 0.15) is 6.61 Å². The molecule has 0 fully saturated rings. The first-order valence-corrected chi connectivity index (χ1v) is 11.6. The van der Waals surface area contributed by atoms with Crippen molar-refractivity contribution in [1.82, 2.24) is 19.5 Å². The maximum absolute atomic E-state index is 6.36. The van der Waals surface area contributed by atoms with E-state index in [0.29, 0.717) is 12.5 Å². The summed E-state index contributed by atoms with van der Waals surface area (Å²) in [5, 5.41) is 1.85. The molecule has 0 amide bonds. The van der Waals surface area contributed by atoms with Crippen molar-refractivity contribution in [3.05, 3.63) is 101 Å². The highest BCUT2D eigenvalue weighted by molar-refractivity contribution is 6.30. The summed E-state index contributed by atoms with van der Waals surface area (Å²) in [5.74, 6) is 0.605. The molecule has 3 heterocycles. The van der Waals surface area contributed by atoms with Crippen LogP contribution >= 0.6 is 11.6 Å². The first kappa shape index (κ1) is 20.1. The van der Waals surface area contributed by atoms with Crippen LogP contribution in [0.2, 0.25) is 5.02 Å². The number of nitrogens with one attached hydrogen (secondary N) is 1. The summed E-state index contributed by atoms with van der Waals surface area (Å²) in [5.41, 5.74) is 6.90. The summed E-state index contributed by atoms with van der Waals surface area (Å²) in [6.07, 6.45) is 11.0. The number of aryl methyl sites for hydroxylation is 1. The second-order valence-electron chi connectivity index (χ2n) is 8.48. The molecule has 1 atom stereocenters. The number of nitrogens with zero attached hydrogens (tertiary/aromatic N) is 3. The maximum atomic E-state index is 6.36. The molecular weight excluding hydrogens is 432 g/mol. The van der Waals surface area contributed by atoms with Crippen molar-refractivity contribution < 1.29 is 4.74 Å². The number of aromatic amines is 1. The molecule has 3 aromatic heterocycles. The van der Waals surface area contributed by atoms with Gasteiger partial charge in [-0.1, -0.05) is 48.0 Å². The fourth-order valence-electron chi connectivity index (χ4n) is 4.82. The molecule has 0 spiro atoms. The Bertz CT molecular complexity index is 1420. The average molecular weight is 455 g/mol. The number of ether oxygens (including phenoxy) is 1. The van der Waals surface area contributed by atoms with Crippen LogP contribution in [0.15, 0.2) is 79.5 Å². The summed E-state index contributed by atoms with van der Waals surface area (Å²) in [6, 6.07) is 18.6. The third kappa shape index (κ3) is 3.79. The first-order chi connectivity index (χ1) is 16.3. The number of benzene rings is 2. The molecule has 1 aliphatic carbocycles. The van der Waals surface area contributed by atoms with E-state index < -0.39 is 0 Å². The molecule has 1 aliphatic rings. The van der Waals surface area contributed by atoms with Gasteiger partial charge in [0, 0.05) is 28.2 Å². The number of hydrogen-bond acceptors (Lipinski definition) is 3. The van der Waals surface area contributed by atoms with Gasteiger partial charge >= 0.3 is 0 Å². The Labute approximate surface area is 197 Å². The summed E-state index contributed by atoms with van der Waals surface area (Å²) < 4.78 is 8.27. The molecule has 5 nitrogen and oxygen atoms in total.